The molecule has 110 valence electrons. The summed E-state index contributed by atoms with van der Waals surface area (Å²) in [7, 11) is 2.28. The fourth-order valence-electron chi connectivity index (χ4n) is 4.05. The van der Waals surface area contributed by atoms with Crippen LogP contribution in [0.15, 0.2) is 0 Å². The van der Waals surface area contributed by atoms with E-state index in [2.05, 4.69) is 36.0 Å². The van der Waals surface area contributed by atoms with E-state index in [1.54, 1.807) is 0 Å². The summed E-state index contributed by atoms with van der Waals surface area (Å²) in [6, 6.07) is 3.15. The van der Waals surface area contributed by atoms with Crippen LogP contribution in [0.2, 0.25) is 0 Å². The van der Waals surface area contributed by atoms with Gasteiger partial charge in [0.1, 0.15) is 0 Å². The van der Waals surface area contributed by atoms with Crippen molar-refractivity contribution in [3.05, 3.63) is 0 Å². The molecule has 2 saturated heterocycles. The highest BCUT2D eigenvalue weighted by Gasteiger charge is 2.40. The van der Waals surface area contributed by atoms with Crippen LogP contribution in [0.25, 0.3) is 0 Å². The summed E-state index contributed by atoms with van der Waals surface area (Å²) in [6.45, 7) is 8.56. The quantitative estimate of drug-likeness (QED) is 0.841. The molecule has 0 bridgehead atoms. The number of nitrogens with one attached hydrogen (secondary N) is 1. The van der Waals surface area contributed by atoms with Crippen LogP contribution in [-0.4, -0.2) is 60.6 Å². The molecule has 0 aromatic rings. The van der Waals surface area contributed by atoms with Gasteiger partial charge in [0.15, 0.2) is 0 Å². The Hall–Kier alpha value is -0.120. The van der Waals surface area contributed by atoms with Crippen LogP contribution in [0.3, 0.4) is 0 Å². The molecule has 3 heteroatoms. The lowest BCUT2D eigenvalue weighted by molar-refractivity contribution is 0.0261. The van der Waals surface area contributed by atoms with Crippen LogP contribution in [0, 0.1) is 5.92 Å². The van der Waals surface area contributed by atoms with Gasteiger partial charge in [0.05, 0.1) is 0 Å². The van der Waals surface area contributed by atoms with Gasteiger partial charge in [-0.1, -0.05) is 6.92 Å². The fourth-order valence-corrected chi connectivity index (χ4v) is 4.05. The monoisotopic (exact) mass is 265 g/mol. The predicted octanol–water partition coefficient (Wildman–Crippen LogP) is 1.93. The smallest absolute Gasteiger partial charge is 0.0224 e. The topological polar surface area (TPSA) is 18.5 Å². The molecule has 2 aliphatic heterocycles. The Kier molecular flexibility index (Phi) is 4.16. The van der Waals surface area contributed by atoms with Gasteiger partial charge in [-0.15, -0.1) is 0 Å². The molecule has 4 atom stereocenters. The van der Waals surface area contributed by atoms with Crippen LogP contribution in [0.1, 0.15) is 46.0 Å². The van der Waals surface area contributed by atoms with Gasteiger partial charge < -0.3 is 10.2 Å². The number of hydrogen-bond acceptors (Lipinski definition) is 3. The molecule has 0 spiro atoms. The maximum atomic E-state index is 3.82. The summed E-state index contributed by atoms with van der Waals surface area (Å²) >= 11 is 0. The van der Waals surface area contributed by atoms with Crippen molar-refractivity contribution in [2.75, 3.05) is 26.7 Å². The molecule has 3 nitrogen and oxygen atoms in total. The summed E-state index contributed by atoms with van der Waals surface area (Å²) in [5, 5.41) is 3.82. The third-order valence-electron chi connectivity index (χ3n) is 5.80. The van der Waals surface area contributed by atoms with E-state index in [9.17, 15) is 0 Å². The summed E-state index contributed by atoms with van der Waals surface area (Å²) < 4.78 is 0. The molecule has 0 aromatic heterocycles. The highest BCUT2D eigenvalue weighted by molar-refractivity contribution is 4.97. The van der Waals surface area contributed by atoms with Gasteiger partial charge in [-0.05, 0) is 58.5 Å². The van der Waals surface area contributed by atoms with Crippen LogP contribution in [0.5, 0.6) is 0 Å². The minimum Gasteiger partial charge on any atom is -0.311 e. The molecule has 1 saturated carbocycles. The number of nitrogens with zero attached hydrogens (tertiary/aromatic N) is 2. The van der Waals surface area contributed by atoms with Crippen molar-refractivity contribution in [1.82, 2.24) is 15.1 Å². The largest absolute Gasteiger partial charge is 0.311 e. The van der Waals surface area contributed by atoms with Crippen molar-refractivity contribution in [1.29, 1.82) is 0 Å². The molecule has 2 heterocycles. The van der Waals surface area contributed by atoms with Gasteiger partial charge in [-0.2, -0.15) is 0 Å². The minimum absolute atomic E-state index is 0.755. The average Bonchev–Trinajstić information content (AvgIpc) is 3.26. The first-order valence-electron chi connectivity index (χ1n) is 8.38. The van der Waals surface area contributed by atoms with Gasteiger partial charge >= 0.3 is 0 Å². The molecule has 0 aromatic carbocycles. The zero-order valence-electron chi connectivity index (χ0n) is 12.9. The minimum atomic E-state index is 0.755. The molecule has 1 N–H and O–H groups in total. The summed E-state index contributed by atoms with van der Waals surface area (Å²) in [4.78, 5) is 5.40. The standard InChI is InChI=1S/C16H31N3/c1-4-14-10-17-16(13-5-6-13)11-19(14)15-7-8-18(3)12(2)9-15/h12-17H,4-11H2,1-3H3. The van der Waals surface area contributed by atoms with E-state index >= 15 is 0 Å². The van der Waals surface area contributed by atoms with Crippen LogP contribution in [0.4, 0.5) is 0 Å². The Morgan fingerprint density at radius 2 is 2.00 bits per heavy atom. The zero-order valence-corrected chi connectivity index (χ0v) is 12.9. The van der Waals surface area contributed by atoms with Crippen LogP contribution >= 0.6 is 0 Å². The maximum absolute atomic E-state index is 3.82. The van der Waals surface area contributed by atoms with Gasteiger partial charge in [0.2, 0.25) is 0 Å². The molecule has 0 amide bonds. The first-order valence-corrected chi connectivity index (χ1v) is 8.38. The van der Waals surface area contributed by atoms with Gasteiger partial charge in [0, 0.05) is 37.3 Å². The number of rotatable bonds is 3. The SMILES string of the molecule is CCC1CNC(C2CC2)CN1C1CCN(C)C(C)C1. The lowest BCUT2D eigenvalue weighted by Crippen LogP contribution is -2.61. The maximum Gasteiger partial charge on any atom is 0.0224 e. The van der Waals surface area contributed by atoms with Crippen LogP contribution in [-0.2, 0) is 0 Å². The van der Waals surface area contributed by atoms with Crippen molar-refractivity contribution in [3.63, 3.8) is 0 Å². The summed E-state index contributed by atoms with van der Waals surface area (Å²) in [5.41, 5.74) is 0. The highest BCUT2D eigenvalue weighted by Crippen LogP contribution is 2.35. The molecule has 19 heavy (non-hydrogen) atoms. The molecule has 1 aliphatic carbocycles. The zero-order chi connectivity index (χ0) is 13.4. The Balaban J connectivity index is 1.64. The van der Waals surface area contributed by atoms with E-state index < -0.39 is 0 Å². The van der Waals surface area contributed by atoms with Crippen molar-refractivity contribution in [2.45, 2.75) is 70.1 Å². The molecule has 3 aliphatic rings. The third-order valence-corrected chi connectivity index (χ3v) is 5.80. The number of likely N-dealkylation sites (tertiary alicyclic amines) is 1. The van der Waals surface area contributed by atoms with Crippen molar-refractivity contribution >= 4 is 0 Å². The van der Waals surface area contributed by atoms with Crippen molar-refractivity contribution in [3.8, 4) is 0 Å². The Morgan fingerprint density at radius 3 is 2.63 bits per heavy atom. The fraction of sp³-hybridized carbons (Fsp3) is 1.00. The second kappa shape index (κ2) is 5.71. The first-order chi connectivity index (χ1) is 9.19. The predicted molar refractivity (Wildman–Crippen MR) is 80.4 cm³/mol. The van der Waals surface area contributed by atoms with E-state index in [1.165, 1.54) is 51.7 Å². The van der Waals surface area contributed by atoms with E-state index in [0.717, 1.165) is 30.1 Å². The van der Waals surface area contributed by atoms with Crippen molar-refractivity contribution in [2.24, 2.45) is 5.92 Å². The van der Waals surface area contributed by atoms with E-state index in [4.69, 9.17) is 0 Å². The summed E-state index contributed by atoms with van der Waals surface area (Å²) in [6.07, 6.45) is 6.96. The van der Waals surface area contributed by atoms with Crippen molar-refractivity contribution < 1.29 is 0 Å². The third kappa shape index (κ3) is 2.98. The average molecular weight is 265 g/mol. The second-order valence-electron chi connectivity index (χ2n) is 7.12. The summed E-state index contributed by atoms with van der Waals surface area (Å²) in [5.74, 6) is 0.990. The van der Waals surface area contributed by atoms with E-state index in [-0.39, 0.29) is 0 Å². The first kappa shape index (κ1) is 13.8. The number of hydrogen-bond donors (Lipinski definition) is 1. The van der Waals surface area contributed by atoms with E-state index in [0.29, 0.717) is 0 Å². The van der Waals surface area contributed by atoms with E-state index in [1.807, 2.05) is 0 Å². The highest BCUT2D eigenvalue weighted by atomic mass is 15.3. The molecular formula is C16H31N3. The van der Waals surface area contributed by atoms with Gasteiger partial charge in [-0.25, -0.2) is 0 Å². The molecule has 4 unspecified atom stereocenters. The lowest BCUT2D eigenvalue weighted by Gasteiger charge is -2.48. The van der Waals surface area contributed by atoms with Gasteiger partial charge in [0.25, 0.3) is 0 Å². The second-order valence-corrected chi connectivity index (χ2v) is 7.12. The molecule has 3 fully saturated rings. The Morgan fingerprint density at radius 1 is 1.21 bits per heavy atom. The van der Waals surface area contributed by atoms with Crippen LogP contribution < -0.4 is 5.32 Å². The number of piperazine rings is 1. The normalized spacial score (nSPS) is 42.5. The Labute approximate surface area is 118 Å². The molecule has 3 rings (SSSR count). The number of piperidine rings is 1. The lowest BCUT2D eigenvalue weighted by atomic mass is 9.93. The van der Waals surface area contributed by atoms with Gasteiger partial charge in [-0.3, -0.25) is 4.90 Å². The molecule has 0 radical (unpaired) electrons. The Bertz CT molecular complexity index is 302. The molecular weight excluding hydrogens is 234 g/mol.